The first-order valence-electron chi connectivity index (χ1n) is 23.0. The van der Waals surface area contributed by atoms with E-state index >= 15 is 0 Å². The number of hydrogen-bond donors (Lipinski definition) is 6. The van der Waals surface area contributed by atoms with E-state index in [0.717, 1.165) is 11.1 Å². The third-order valence-corrected chi connectivity index (χ3v) is 12.7. The highest BCUT2D eigenvalue weighted by Crippen LogP contribution is 2.51. The number of phosphoric acid groups is 1. The predicted molar refractivity (Wildman–Crippen MR) is 250 cm³/mol. The molecule has 0 aromatic heterocycles. The van der Waals surface area contributed by atoms with Crippen molar-refractivity contribution >= 4 is 49.4 Å². The first-order chi connectivity index (χ1) is 32.5. The van der Waals surface area contributed by atoms with Gasteiger partial charge >= 0.3 is 13.9 Å². The summed E-state index contributed by atoms with van der Waals surface area (Å²) in [4.78, 5) is 96.1. The predicted octanol–water partition coefficient (Wildman–Crippen LogP) is 4.18. The van der Waals surface area contributed by atoms with Crippen LogP contribution in [0.25, 0.3) is 0 Å². The summed E-state index contributed by atoms with van der Waals surface area (Å²) in [5.74, 6) is -5.12. The molecule has 20 heteroatoms. The summed E-state index contributed by atoms with van der Waals surface area (Å²) in [5, 5.41) is 13.4. The van der Waals surface area contributed by atoms with Crippen LogP contribution in [-0.2, 0) is 66.8 Å². The van der Waals surface area contributed by atoms with Gasteiger partial charge < -0.3 is 46.5 Å². The van der Waals surface area contributed by atoms with E-state index in [-0.39, 0.29) is 37.9 Å². The first kappa shape index (κ1) is 52.7. The van der Waals surface area contributed by atoms with Crippen LogP contribution < -0.4 is 36.8 Å². The molecule has 0 radical (unpaired) electrons. The maximum atomic E-state index is 14.1. The Bertz CT molecular complexity index is 2180. The fraction of sp³-hybridized carbons (Fsp3) is 0.479. The van der Waals surface area contributed by atoms with Crippen LogP contribution in [0.5, 0.6) is 5.75 Å². The van der Waals surface area contributed by atoms with Gasteiger partial charge in [-0.05, 0) is 72.8 Å². The average molecular weight is 962 g/mol. The van der Waals surface area contributed by atoms with E-state index in [1.807, 2.05) is 60.7 Å². The number of carbonyl (C=O) groups excluding carboxylic acids is 7. The van der Waals surface area contributed by atoms with E-state index in [4.69, 9.17) is 24.0 Å². The van der Waals surface area contributed by atoms with Gasteiger partial charge in [0.15, 0.2) is 0 Å². The molecule has 0 aliphatic carbocycles. The SMILES string of the molecule is CC(C)[C@@H]1NC(=O)[C@H](Cc2ccc(OP(=O)(OCc3ccccc3)OCc3ccccc3)cc2)NC(=O)OCCCCCNC(=O)[C@@H]2CCCN2C(=O)[C@H](C(C)C)NC(=O)[C@H](CC(N)=O)NC1=O. The molecule has 368 valence electrons. The zero-order chi connectivity index (χ0) is 49.2. The van der Waals surface area contributed by atoms with Gasteiger partial charge in [0.25, 0.3) is 0 Å². The largest absolute Gasteiger partial charge is 0.530 e. The molecular weight excluding hydrogens is 898 g/mol. The van der Waals surface area contributed by atoms with Gasteiger partial charge in [0.2, 0.25) is 35.4 Å². The summed E-state index contributed by atoms with van der Waals surface area (Å²) in [6.45, 7) is 7.23. The number of ether oxygens (including phenoxy) is 1. The van der Waals surface area contributed by atoms with Crippen molar-refractivity contribution in [2.24, 2.45) is 17.6 Å². The number of nitrogens with zero attached hydrogens (tertiary/aromatic N) is 1. The van der Waals surface area contributed by atoms with Crippen molar-refractivity contribution in [2.75, 3.05) is 19.7 Å². The lowest BCUT2D eigenvalue weighted by molar-refractivity contribution is -0.143. The molecule has 68 heavy (non-hydrogen) atoms. The van der Waals surface area contributed by atoms with Crippen molar-refractivity contribution in [3.8, 4) is 5.75 Å². The molecule has 3 aromatic carbocycles. The Kier molecular flexibility index (Phi) is 19.9. The maximum absolute atomic E-state index is 14.1. The number of hydrogen-bond acceptors (Lipinski definition) is 12. The number of primary amides is 1. The second-order valence-corrected chi connectivity index (χ2v) is 19.1. The first-order valence-corrected chi connectivity index (χ1v) is 24.4. The summed E-state index contributed by atoms with van der Waals surface area (Å²) < 4.78 is 36.8. The molecule has 2 heterocycles. The van der Waals surface area contributed by atoms with E-state index < -0.39 is 91.9 Å². The third kappa shape index (κ3) is 16.2. The lowest BCUT2D eigenvalue weighted by Gasteiger charge is -2.32. The molecule has 0 unspecified atom stereocenters. The minimum Gasteiger partial charge on any atom is -0.450 e. The highest BCUT2D eigenvalue weighted by atomic mass is 31.2. The molecule has 0 saturated carbocycles. The summed E-state index contributed by atoms with van der Waals surface area (Å²) in [6.07, 6.45) is 0.943. The van der Waals surface area contributed by atoms with E-state index in [1.165, 1.54) is 17.0 Å². The molecule has 2 saturated heterocycles. The van der Waals surface area contributed by atoms with Gasteiger partial charge in [0.05, 0.1) is 26.2 Å². The van der Waals surface area contributed by atoms with Crippen molar-refractivity contribution in [1.82, 2.24) is 31.5 Å². The number of nitrogens with one attached hydrogen (secondary N) is 5. The standard InChI is InChI=1S/C48H64N7O12P/c1-31(2)41-46(60)51-38(28-40(49)56)44(58)54-42(32(3)4)47(61)55-25-14-19-39(55)45(59)50-24-12-7-13-26-64-48(62)52-37(43(57)53-41)27-33-20-22-36(23-21-33)67-68(63,65-29-34-15-8-5-9-16-34)66-30-35-17-10-6-11-18-35/h5-6,8-11,15-18,20-23,31-32,37-39,41-42H,7,12-14,19,24-30H2,1-4H3,(H2,49,56)(H,50,59)(H,51,60)(H,52,62)(H,53,57)(H,54,58)/t37-,38-,39-,41-,42-/m0/s1. The molecule has 5 atom stereocenters. The Balaban J connectivity index is 1.36. The minimum absolute atomic E-state index is 0.000300. The Morgan fingerprint density at radius 3 is 1.87 bits per heavy atom. The number of cyclic esters (lactones) is 1. The maximum Gasteiger partial charge on any atom is 0.530 e. The van der Waals surface area contributed by atoms with Gasteiger partial charge in [0, 0.05) is 19.5 Å². The van der Waals surface area contributed by atoms with Gasteiger partial charge in [-0.15, -0.1) is 0 Å². The number of carbonyl (C=O) groups is 7. The van der Waals surface area contributed by atoms with E-state index in [9.17, 15) is 38.1 Å². The number of rotatable bonds is 14. The second-order valence-electron chi connectivity index (χ2n) is 17.5. The van der Waals surface area contributed by atoms with Gasteiger partial charge in [-0.3, -0.25) is 37.8 Å². The summed E-state index contributed by atoms with van der Waals surface area (Å²) in [6, 6.07) is 18.4. The third-order valence-electron chi connectivity index (χ3n) is 11.4. The molecule has 19 nitrogen and oxygen atoms in total. The number of alkyl carbamates (subject to hydrolysis) is 1. The molecule has 3 aromatic rings. The molecule has 7 N–H and O–H groups in total. The lowest BCUT2D eigenvalue weighted by Crippen LogP contribution is -2.61. The van der Waals surface area contributed by atoms with E-state index in [0.29, 0.717) is 50.8 Å². The van der Waals surface area contributed by atoms with Crippen LogP contribution in [0.1, 0.15) is 82.9 Å². The number of benzene rings is 3. The van der Waals surface area contributed by atoms with E-state index in [2.05, 4.69) is 26.6 Å². The second kappa shape index (κ2) is 25.7. The van der Waals surface area contributed by atoms with Crippen molar-refractivity contribution in [1.29, 1.82) is 0 Å². The smallest absolute Gasteiger partial charge is 0.450 e. The Morgan fingerprint density at radius 2 is 1.28 bits per heavy atom. The van der Waals surface area contributed by atoms with Crippen LogP contribution in [0.3, 0.4) is 0 Å². The highest BCUT2D eigenvalue weighted by molar-refractivity contribution is 7.48. The monoisotopic (exact) mass is 961 g/mol. The van der Waals surface area contributed by atoms with Crippen LogP contribution in [-0.4, -0.2) is 96.3 Å². The number of amides is 7. The fourth-order valence-electron chi connectivity index (χ4n) is 7.60. The van der Waals surface area contributed by atoms with Gasteiger partial charge in [-0.2, -0.15) is 0 Å². The van der Waals surface area contributed by atoms with Crippen LogP contribution >= 0.6 is 7.82 Å². The fourth-order valence-corrected chi connectivity index (χ4v) is 8.77. The molecular formula is C48H64N7O12P. The summed E-state index contributed by atoms with van der Waals surface area (Å²) in [7, 11) is -4.21. The Labute approximate surface area is 396 Å². The summed E-state index contributed by atoms with van der Waals surface area (Å²) in [5.41, 5.74) is 7.52. The number of fused-ring (bicyclic) bond motifs is 1. The number of nitrogens with two attached hydrogens (primary N) is 1. The molecule has 2 fully saturated rings. The molecule has 2 aliphatic rings. The van der Waals surface area contributed by atoms with E-state index in [1.54, 1.807) is 39.8 Å². The molecule has 2 aliphatic heterocycles. The molecule has 0 bridgehead atoms. The van der Waals surface area contributed by atoms with Gasteiger partial charge in [0.1, 0.15) is 36.0 Å². The minimum atomic E-state index is -4.21. The van der Waals surface area contributed by atoms with Crippen LogP contribution in [0.4, 0.5) is 4.79 Å². The highest BCUT2D eigenvalue weighted by Gasteiger charge is 2.40. The van der Waals surface area contributed by atoms with Gasteiger partial charge in [-0.1, -0.05) is 100 Å². The molecule has 0 spiro atoms. The molecule has 5 rings (SSSR count). The zero-order valence-electron chi connectivity index (χ0n) is 39.0. The van der Waals surface area contributed by atoms with Gasteiger partial charge in [-0.25, -0.2) is 9.36 Å². The van der Waals surface area contributed by atoms with Crippen LogP contribution in [0, 0.1) is 11.8 Å². The van der Waals surface area contributed by atoms with Crippen LogP contribution in [0.15, 0.2) is 84.9 Å². The quantitative estimate of drug-likeness (QED) is 0.124. The normalized spacial score (nSPS) is 22.0. The zero-order valence-corrected chi connectivity index (χ0v) is 39.9. The van der Waals surface area contributed by atoms with Crippen molar-refractivity contribution in [2.45, 2.75) is 116 Å². The Hall–Kier alpha value is -6.30. The topological polar surface area (TPSA) is 263 Å². The summed E-state index contributed by atoms with van der Waals surface area (Å²) >= 11 is 0. The van der Waals surface area contributed by atoms with Crippen LogP contribution in [0.2, 0.25) is 0 Å². The van der Waals surface area contributed by atoms with Crippen molar-refractivity contribution in [3.63, 3.8) is 0 Å². The average Bonchev–Trinajstić information content (AvgIpc) is 3.81. The number of phosphoric ester groups is 1. The van der Waals surface area contributed by atoms with Crippen molar-refractivity contribution in [3.05, 3.63) is 102 Å². The lowest BCUT2D eigenvalue weighted by atomic mass is 9.99. The van der Waals surface area contributed by atoms with Crippen molar-refractivity contribution < 1.29 is 56.4 Å². The molecule has 7 amide bonds. The Morgan fingerprint density at radius 1 is 0.691 bits per heavy atom.